The van der Waals surface area contributed by atoms with Gasteiger partial charge in [0.2, 0.25) is 0 Å². The second kappa shape index (κ2) is 5.10. The summed E-state index contributed by atoms with van der Waals surface area (Å²) in [5, 5.41) is 2.35. The molecule has 0 aromatic rings. The van der Waals surface area contributed by atoms with Crippen molar-refractivity contribution >= 4 is 12.2 Å². The van der Waals surface area contributed by atoms with Crippen molar-refractivity contribution in [2.75, 3.05) is 21.2 Å². The average Bonchev–Trinajstić information content (AvgIpc) is 2.69. The molecule has 0 aromatic heterocycles. The number of nitrogens with one attached hydrogen (secondary N) is 1. The molecule has 2 aliphatic heterocycles. The van der Waals surface area contributed by atoms with E-state index in [9.17, 15) is 9.59 Å². The van der Waals surface area contributed by atoms with E-state index in [-0.39, 0.29) is 6.04 Å². The fourth-order valence-electron chi connectivity index (χ4n) is 2.79. The minimum atomic E-state index is -0.827. The van der Waals surface area contributed by atoms with Gasteiger partial charge in [0.05, 0.1) is 5.60 Å². The molecule has 2 amide bonds. The SMILES string of the molecule is CNC(=O)O[C@H]1[C@H](OC)OC(C)(C)[C@@H]2[C@H]1OC(=O)N2C. The number of hydrogen-bond acceptors (Lipinski definition) is 6. The highest BCUT2D eigenvalue weighted by atomic mass is 16.7. The molecule has 2 aliphatic rings. The van der Waals surface area contributed by atoms with Gasteiger partial charge in [-0.3, -0.25) is 0 Å². The van der Waals surface area contributed by atoms with Gasteiger partial charge in [-0.25, -0.2) is 9.59 Å². The van der Waals surface area contributed by atoms with Crippen LogP contribution in [0.15, 0.2) is 0 Å². The van der Waals surface area contributed by atoms with E-state index in [0.717, 1.165) is 0 Å². The molecule has 20 heavy (non-hydrogen) atoms. The van der Waals surface area contributed by atoms with Gasteiger partial charge in [0.1, 0.15) is 6.04 Å². The molecule has 8 heteroatoms. The van der Waals surface area contributed by atoms with Gasteiger partial charge in [-0.05, 0) is 13.8 Å². The van der Waals surface area contributed by atoms with Crippen LogP contribution in [-0.2, 0) is 18.9 Å². The second-order valence-electron chi connectivity index (χ2n) is 5.35. The van der Waals surface area contributed by atoms with Gasteiger partial charge in [-0.15, -0.1) is 0 Å². The molecule has 8 nitrogen and oxygen atoms in total. The lowest BCUT2D eigenvalue weighted by Crippen LogP contribution is -2.65. The van der Waals surface area contributed by atoms with Crippen molar-refractivity contribution in [2.45, 2.75) is 44.0 Å². The number of methoxy groups -OCH3 is 1. The number of fused-ring (bicyclic) bond motifs is 1. The molecule has 0 radical (unpaired) electrons. The predicted octanol–water partition coefficient (Wildman–Crippen LogP) is 0.312. The van der Waals surface area contributed by atoms with Gasteiger partial charge < -0.3 is 29.2 Å². The highest BCUT2D eigenvalue weighted by molar-refractivity contribution is 5.71. The van der Waals surface area contributed by atoms with Crippen molar-refractivity contribution in [3.63, 3.8) is 0 Å². The minimum absolute atomic E-state index is 0.365. The molecule has 0 saturated carbocycles. The summed E-state index contributed by atoms with van der Waals surface area (Å²) in [6.07, 6.45) is -3.38. The van der Waals surface area contributed by atoms with Gasteiger partial charge in [0, 0.05) is 21.2 Å². The third kappa shape index (κ3) is 2.29. The standard InChI is InChI=1S/C12H20N2O6/c1-12(2)8-6(19-11(16)14(8)4)7(9(17-5)20-12)18-10(15)13-3/h6-9H,1-5H3,(H,13,15)/t6-,7+,8-,9+/m0/s1. The van der Waals surface area contributed by atoms with Crippen molar-refractivity contribution in [2.24, 2.45) is 0 Å². The Labute approximate surface area is 117 Å². The summed E-state index contributed by atoms with van der Waals surface area (Å²) in [6.45, 7) is 3.68. The molecule has 4 atom stereocenters. The van der Waals surface area contributed by atoms with Gasteiger partial charge in [0.25, 0.3) is 0 Å². The van der Waals surface area contributed by atoms with Crippen molar-refractivity contribution in [1.82, 2.24) is 10.2 Å². The minimum Gasteiger partial charge on any atom is -0.440 e. The monoisotopic (exact) mass is 288 g/mol. The molecule has 114 valence electrons. The van der Waals surface area contributed by atoms with E-state index >= 15 is 0 Å². The van der Waals surface area contributed by atoms with Crippen molar-refractivity contribution in [3.8, 4) is 0 Å². The van der Waals surface area contributed by atoms with E-state index < -0.39 is 36.3 Å². The first kappa shape index (κ1) is 14.9. The highest BCUT2D eigenvalue weighted by Crippen LogP contribution is 2.39. The summed E-state index contributed by atoms with van der Waals surface area (Å²) in [5.74, 6) is 0. The molecular weight excluding hydrogens is 268 g/mol. The van der Waals surface area contributed by atoms with Gasteiger partial charge in [-0.1, -0.05) is 0 Å². The Kier molecular flexibility index (Phi) is 3.79. The van der Waals surface area contributed by atoms with Crippen LogP contribution in [0.4, 0.5) is 9.59 Å². The molecule has 2 saturated heterocycles. The molecule has 1 N–H and O–H groups in total. The summed E-state index contributed by atoms with van der Waals surface area (Å²) < 4.78 is 21.6. The molecule has 2 rings (SSSR count). The van der Waals surface area contributed by atoms with E-state index in [4.69, 9.17) is 18.9 Å². The predicted molar refractivity (Wildman–Crippen MR) is 67.1 cm³/mol. The number of nitrogens with zero attached hydrogens (tertiary/aromatic N) is 1. The number of alkyl carbamates (subject to hydrolysis) is 1. The van der Waals surface area contributed by atoms with Crippen molar-refractivity contribution in [1.29, 1.82) is 0 Å². The number of rotatable bonds is 2. The summed E-state index contributed by atoms with van der Waals surface area (Å²) in [7, 11) is 4.52. The molecule has 0 unspecified atom stereocenters. The molecule has 0 spiro atoms. The second-order valence-corrected chi connectivity index (χ2v) is 5.35. The Balaban J connectivity index is 2.30. The van der Waals surface area contributed by atoms with Gasteiger partial charge >= 0.3 is 12.2 Å². The van der Waals surface area contributed by atoms with E-state index in [0.29, 0.717) is 0 Å². The molecule has 2 fully saturated rings. The Morgan fingerprint density at radius 1 is 1.45 bits per heavy atom. The van der Waals surface area contributed by atoms with E-state index in [2.05, 4.69) is 5.32 Å². The molecule has 0 bridgehead atoms. The smallest absolute Gasteiger partial charge is 0.410 e. The lowest BCUT2D eigenvalue weighted by atomic mass is 9.87. The Morgan fingerprint density at radius 2 is 2.10 bits per heavy atom. The summed E-state index contributed by atoms with van der Waals surface area (Å²) in [4.78, 5) is 24.7. The third-order valence-electron chi connectivity index (χ3n) is 3.66. The van der Waals surface area contributed by atoms with Crippen LogP contribution in [0.2, 0.25) is 0 Å². The maximum absolute atomic E-state index is 11.8. The first-order valence-electron chi connectivity index (χ1n) is 6.34. The number of amides is 2. The van der Waals surface area contributed by atoms with Crippen molar-refractivity contribution < 1.29 is 28.5 Å². The maximum atomic E-state index is 11.8. The summed E-state index contributed by atoms with van der Waals surface area (Å²) >= 11 is 0. The number of carbonyl (C=O) groups is 2. The fraction of sp³-hybridized carbons (Fsp3) is 0.833. The first-order chi connectivity index (χ1) is 9.31. The van der Waals surface area contributed by atoms with Gasteiger partial charge in [-0.2, -0.15) is 0 Å². The van der Waals surface area contributed by atoms with Crippen LogP contribution in [0.25, 0.3) is 0 Å². The molecule has 0 aliphatic carbocycles. The van der Waals surface area contributed by atoms with E-state index in [1.165, 1.54) is 19.1 Å². The van der Waals surface area contributed by atoms with Crippen LogP contribution in [0.3, 0.4) is 0 Å². The average molecular weight is 288 g/mol. The van der Waals surface area contributed by atoms with E-state index in [1.807, 2.05) is 13.8 Å². The van der Waals surface area contributed by atoms with E-state index in [1.54, 1.807) is 7.05 Å². The van der Waals surface area contributed by atoms with Crippen LogP contribution in [-0.4, -0.2) is 68.4 Å². The Morgan fingerprint density at radius 3 is 2.65 bits per heavy atom. The zero-order valence-corrected chi connectivity index (χ0v) is 12.2. The zero-order valence-electron chi connectivity index (χ0n) is 12.2. The third-order valence-corrected chi connectivity index (χ3v) is 3.66. The Hall–Kier alpha value is -1.54. The summed E-state index contributed by atoms with van der Waals surface area (Å²) in [6, 6.07) is -0.365. The number of hydrogen-bond donors (Lipinski definition) is 1. The fourth-order valence-corrected chi connectivity index (χ4v) is 2.79. The lowest BCUT2D eigenvalue weighted by molar-refractivity contribution is -0.287. The number of ether oxygens (including phenoxy) is 4. The maximum Gasteiger partial charge on any atom is 0.410 e. The molecule has 0 aromatic carbocycles. The van der Waals surface area contributed by atoms with Gasteiger partial charge in [0.15, 0.2) is 18.5 Å². The van der Waals surface area contributed by atoms with Crippen LogP contribution in [0.1, 0.15) is 13.8 Å². The highest BCUT2D eigenvalue weighted by Gasteiger charge is 2.60. The largest absolute Gasteiger partial charge is 0.440 e. The van der Waals surface area contributed by atoms with Crippen LogP contribution >= 0.6 is 0 Å². The molecular formula is C12H20N2O6. The number of likely N-dealkylation sites (N-methyl/N-ethyl adjacent to an activating group) is 1. The normalized spacial score (nSPS) is 35.2. The number of carbonyl (C=O) groups excluding carboxylic acids is 2. The summed E-state index contributed by atoms with van der Waals surface area (Å²) in [5.41, 5.74) is -0.686. The van der Waals surface area contributed by atoms with Crippen molar-refractivity contribution in [3.05, 3.63) is 0 Å². The zero-order chi connectivity index (χ0) is 15.1. The van der Waals surface area contributed by atoms with Crippen LogP contribution in [0.5, 0.6) is 0 Å². The topological polar surface area (TPSA) is 86.3 Å². The quantitative estimate of drug-likeness (QED) is 0.787. The Bertz CT molecular complexity index is 413. The lowest BCUT2D eigenvalue weighted by Gasteiger charge is -2.46. The molecule has 2 heterocycles. The van der Waals surface area contributed by atoms with Crippen LogP contribution in [0, 0.1) is 0 Å². The first-order valence-corrected chi connectivity index (χ1v) is 6.34. The van der Waals surface area contributed by atoms with Crippen LogP contribution < -0.4 is 5.32 Å².